The number of aliphatic hydroxyl groups is 1. The van der Waals surface area contributed by atoms with Gasteiger partial charge in [-0.05, 0) is 67.4 Å². The number of rotatable bonds is 6. The van der Waals surface area contributed by atoms with Crippen LogP contribution in [0.15, 0.2) is 67.4 Å². The number of imidazole rings is 1. The molecule has 3 aromatic heterocycles. The Morgan fingerprint density at radius 2 is 1.67 bits per heavy atom. The van der Waals surface area contributed by atoms with Crippen molar-refractivity contribution >= 4 is 34.5 Å². The largest absolute Gasteiger partial charge is 0.383 e. The number of anilines is 2. The molecule has 2 amide bonds. The van der Waals surface area contributed by atoms with Crippen LogP contribution in [0.25, 0.3) is 28.2 Å². The maximum atomic E-state index is 13.4. The van der Waals surface area contributed by atoms with Crippen LogP contribution in [0.2, 0.25) is 0 Å². The molecule has 0 unspecified atom stereocenters. The molecule has 7 rings (SSSR count). The van der Waals surface area contributed by atoms with Crippen LogP contribution in [-0.2, 0) is 9.59 Å². The molecule has 11 heteroatoms. The highest BCUT2D eigenvalue weighted by molar-refractivity contribution is 5.89. The Hall–Kier alpha value is -4.77. The zero-order valence-corrected chi connectivity index (χ0v) is 23.9. The van der Waals surface area contributed by atoms with Gasteiger partial charge in [0, 0.05) is 68.3 Å². The summed E-state index contributed by atoms with van der Waals surface area (Å²) in [6, 6.07) is 15.9. The standard InChI is InChI=1S/C32H34N8O3/c1-2-27(41)37-16-18-38(19-17-37)31(42)32(43)13-15-39(20-32)22-7-9-23(10-8-22)40-29(24-4-3-14-34-28(24)33)36-26-12-11-25(21-5-6-21)35-30(26)40/h2-4,7-12,14,21,43H,1,5-6,13,15-20H2,(H2,33,34)/t32-/m0/s1. The minimum absolute atomic E-state index is 0.139. The number of hydrogen-bond acceptors (Lipinski definition) is 8. The van der Waals surface area contributed by atoms with E-state index >= 15 is 0 Å². The molecule has 2 saturated heterocycles. The molecule has 1 aromatic carbocycles. The van der Waals surface area contributed by atoms with Crippen molar-refractivity contribution in [3.8, 4) is 17.1 Å². The van der Waals surface area contributed by atoms with Crippen LogP contribution in [0.4, 0.5) is 11.5 Å². The number of fused-ring (bicyclic) bond motifs is 1. The van der Waals surface area contributed by atoms with Gasteiger partial charge in [-0.25, -0.2) is 15.0 Å². The van der Waals surface area contributed by atoms with Crippen molar-refractivity contribution in [2.75, 3.05) is 49.9 Å². The summed E-state index contributed by atoms with van der Waals surface area (Å²) >= 11 is 0. The summed E-state index contributed by atoms with van der Waals surface area (Å²) in [5.74, 6) is 1.15. The van der Waals surface area contributed by atoms with E-state index in [0.29, 0.717) is 56.7 Å². The molecule has 43 heavy (non-hydrogen) atoms. The monoisotopic (exact) mass is 578 g/mol. The number of benzene rings is 1. The summed E-state index contributed by atoms with van der Waals surface area (Å²) in [7, 11) is 0. The van der Waals surface area contributed by atoms with Gasteiger partial charge in [0.2, 0.25) is 5.91 Å². The van der Waals surface area contributed by atoms with Crippen LogP contribution in [0.1, 0.15) is 30.9 Å². The fourth-order valence-corrected chi connectivity index (χ4v) is 6.16. The number of hydrogen-bond donors (Lipinski definition) is 2. The SMILES string of the molecule is C=CC(=O)N1CCN(C(=O)[C@]2(O)CCN(c3ccc(-n4c(-c5cccnc5N)nc5ccc(C6CC6)nc54)cc3)C2)CC1. The van der Waals surface area contributed by atoms with Gasteiger partial charge in [-0.3, -0.25) is 14.2 Å². The van der Waals surface area contributed by atoms with Gasteiger partial charge in [0.25, 0.3) is 5.91 Å². The first-order chi connectivity index (χ1) is 20.8. The second-order valence-electron chi connectivity index (χ2n) is 11.6. The molecule has 0 radical (unpaired) electrons. The molecule has 3 aliphatic rings. The molecule has 0 bridgehead atoms. The Balaban J connectivity index is 1.14. The zero-order valence-electron chi connectivity index (χ0n) is 23.9. The number of piperazine rings is 1. The molecule has 0 spiro atoms. The van der Waals surface area contributed by atoms with Crippen molar-refractivity contribution in [1.29, 1.82) is 0 Å². The van der Waals surface area contributed by atoms with Crippen LogP contribution >= 0.6 is 0 Å². The molecular formula is C32H34N8O3. The fraction of sp³-hybridized carbons (Fsp3) is 0.344. The van der Waals surface area contributed by atoms with Gasteiger partial charge in [0.1, 0.15) is 11.3 Å². The number of nitrogens with two attached hydrogens (primary N) is 1. The Kier molecular flexibility index (Phi) is 6.61. The third kappa shape index (κ3) is 4.89. The molecule has 4 aromatic rings. The number of carbonyl (C=O) groups excluding carboxylic acids is 2. The summed E-state index contributed by atoms with van der Waals surface area (Å²) in [4.78, 5) is 44.8. The molecule has 1 saturated carbocycles. The van der Waals surface area contributed by atoms with E-state index in [1.807, 2.05) is 51.9 Å². The van der Waals surface area contributed by atoms with E-state index in [0.717, 1.165) is 46.6 Å². The van der Waals surface area contributed by atoms with Gasteiger partial charge in [-0.2, -0.15) is 0 Å². The lowest BCUT2D eigenvalue weighted by atomic mass is 10.0. The lowest BCUT2D eigenvalue weighted by Crippen LogP contribution is -2.57. The number of nitrogen functional groups attached to an aromatic ring is 1. The molecule has 220 valence electrons. The van der Waals surface area contributed by atoms with Gasteiger partial charge < -0.3 is 25.5 Å². The van der Waals surface area contributed by atoms with Crippen LogP contribution in [-0.4, -0.2) is 91.1 Å². The van der Waals surface area contributed by atoms with Crippen LogP contribution < -0.4 is 10.6 Å². The number of β-amino-alcohol motifs (C(OH)–C–C–N with tert-alkyl or cyclic N) is 1. The molecule has 3 N–H and O–H groups in total. The number of carbonyl (C=O) groups is 2. The van der Waals surface area contributed by atoms with E-state index in [1.165, 1.54) is 6.08 Å². The lowest BCUT2D eigenvalue weighted by Gasteiger charge is -2.37. The molecule has 5 heterocycles. The Morgan fingerprint density at radius 3 is 2.37 bits per heavy atom. The predicted octanol–water partition coefficient (Wildman–Crippen LogP) is 2.74. The molecular weight excluding hydrogens is 544 g/mol. The average molecular weight is 579 g/mol. The van der Waals surface area contributed by atoms with E-state index in [1.54, 1.807) is 16.0 Å². The lowest BCUT2D eigenvalue weighted by molar-refractivity contribution is -0.152. The van der Waals surface area contributed by atoms with Crippen LogP contribution in [0.5, 0.6) is 0 Å². The average Bonchev–Trinajstić information content (AvgIpc) is 3.71. The Morgan fingerprint density at radius 1 is 0.953 bits per heavy atom. The number of nitrogens with zero attached hydrogens (tertiary/aromatic N) is 7. The van der Waals surface area contributed by atoms with Crippen molar-refractivity contribution in [2.45, 2.75) is 30.8 Å². The van der Waals surface area contributed by atoms with Crippen molar-refractivity contribution < 1.29 is 14.7 Å². The minimum Gasteiger partial charge on any atom is -0.383 e. The highest BCUT2D eigenvalue weighted by Gasteiger charge is 2.45. The second kappa shape index (κ2) is 10.5. The van der Waals surface area contributed by atoms with E-state index in [9.17, 15) is 14.7 Å². The first-order valence-corrected chi connectivity index (χ1v) is 14.7. The van der Waals surface area contributed by atoms with E-state index < -0.39 is 5.60 Å². The third-order valence-electron chi connectivity index (χ3n) is 8.77. The van der Waals surface area contributed by atoms with Crippen LogP contribution in [0, 0.1) is 0 Å². The van der Waals surface area contributed by atoms with E-state index in [4.69, 9.17) is 15.7 Å². The van der Waals surface area contributed by atoms with Gasteiger partial charge >= 0.3 is 0 Å². The Labute approximate surface area is 249 Å². The highest BCUT2D eigenvalue weighted by Crippen LogP contribution is 2.40. The first-order valence-electron chi connectivity index (χ1n) is 14.7. The molecule has 1 aliphatic carbocycles. The minimum atomic E-state index is -1.47. The van der Waals surface area contributed by atoms with E-state index in [-0.39, 0.29) is 18.4 Å². The highest BCUT2D eigenvalue weighted by atomic mass is 16.3. The van der Waals surface area contributed by atoms with Crippen molar-refractivity contribution in [3.63, 3.8) is 0 Å². The quantitative estimate of drug-likeness (QED) is 0.334. The summed E-state index contributed by atoms with van der Waals surface area (Å²) in [6.07, 6.45) is 5.59. The fourth-order valence-electron chi connectivity index (χ4n) is 6.16. The van der Waals surface area contributed by atoms with Gasteiger partial charge in [-0.1, -0.05) is 6.58 Å². The molecule has 2 aliphatic heterocycles. The third-order valence-corrected chi connectivity index (χ3v) is 8.77. The van der Waals surface area contributed by atoms with Gasteiger partial charge in [-0.15, -0.1) is 0 Å². The normalized spacial score (nSPS) is 20.5. The number of amides is 2. The topological polar surface area (TPSA) is 134 Å². The maximum Gasteiger partial charge on any atom is 0.256 e. The summed E-state index contributed by atoms with van der Waals surface area (Å²) in [5, 5.41) is 11.4. The smallest absolute Gasteiger partial charge is 0.256 e. The van der Waals surface area contributed by atoms with Gasteiger partial charge in [0.05, 0.1) is 12.1 Å². The van der Waals surface area contributed by atoms with E-state index in [2.05, 4.69) is 17.6 Å². The molecule has 1 atom stereocenters. The summed E-state index contributed by atoms with van der Waals surface area (Å²) < 4.78 is 2.03. The number of pyridine rings is 2. The molecule has 3 fully saturated rings. The second-order valence-corrected chi connectivity index (χ2v) is 11.6. The summed E-state index contributed by atoms with van der Waals surface area (Å²) in [5.41, 5.74) is 9.95. The van der Waals surface area contributed by atoms with Crippen molar-refractivity contribution in [3.05, 3.63) is 73.1 Å². The van der Waals surface area contributed by atoms with Crippen molar-refractivity contribution in [1.82, 2.24) is 29.3 Å². The zero-order chi connectivity index (χ0) is 29.7. The molecule has 11 nitrogen and oxygen atoms in total. The predicted molar refractivity (Wildman–Crippen MR) is 164 cm³/mol. The Bertz CT molecular complexity index is 1720. The van der Waals surface area contributed by atoms with Gasteiger partial charge in [0.15, 0.2) is 17.1 Å². The first kappa shape index (κ1) is 27.1. The summed E-state index contributed by atoms with van der Waals surface area (Å²) in [6.45, 7) is 5.95. The maximum absolute atomic E-state index is 13.4. The van der Waals surface area contributed by atoms with Crippen LogP contribution in [0.3, 0.4) is 0 Å². The van der Waals surface area contributed by atoms with Crippen molar-refractivity contribution in [2.24, 2.45) is 0 Å². The number of aromatic nitrogens is 4.